The van der Waals surface area contributed by atoms with E-state index in [0.29, 0.717) is 15.3 Å². The number of rotatable bonds is 4. The van der Waals surface area contributed by atoms with Gasteiger partial charge in [-0.15, -0.1) is 11.3 Å². The van der Waals surface area contributed by atoms with Gasteiger partial charge in [-0.3, -0.25) is 14.7 Å². The van der Waals surface area contributed by atoms with Gasteiger partial charge in [0.15, 0.2) is 0 Å². The van der Waals surface area contributed by atoms with Crippen molar-refractivity contribution in [3.8, 4) is 0 Å². The predicted octanol–water partition coefficient (Wildman–Crippen LogP) is 3.58. The molecule has 2 aromatic heterocycles. The molecule has 1 unspecified atom stereocenters. The van der Waals surface area contributed by atoms with Gasteiger partial charge >= 0.3 is 5.97 Å². The molecule has 0 aliphatic rings. The Hall–Kier alpha value is -2.73. The van der Waals surface area contributed by atoms with Crippen LogP contribution < -0.4 is 0 Å². The minimum absolute atomic E-state index is 0.0653. The summed E-state index contributed by atoms with van der Waals surface area (Å²) in [6, 6.07) is 14.2. The summed E-state index contributed by atoms with van der Waals surface area (Å²) in [5.41, 5.74) is 0.619. The number of aromatic amines is 1. The van der Waals surface area contributed by atoms with E-state index in [2.05, 4.69) is 10.2 Å². The van der Waals surface area contributed by atoms with Crippen LogP contribution in [0.2, 0.25) is 0 Å². The van der Waals surface area contributed by atoms with Crippen LogP contribution in [0.15, 0.2) is 60.9 Å². The maximum absolute atomic E-state index is 12.1. The Balaban J connectivity index is 0.000000326. The van der Waals surface area contributed by atoms with Gasteiger partial charge in [0, 0.05) is 22.8 Å². The molecule has 3 rings (SSSR count). The second-order valence-electron chi connectivity index (χ2n) is 4.72. The number of carbonyl (C=O) groups is 2. The summed E-state index contributed by atoms with van der Waals surface area (Å²) in [4.78, 5) is 24.3. The quantitative estimate of drug-likeness (QED) is 0.717. The monoisotopic (exact) mass is 328 g/mol. The normalized spacial score (nSPS) is 11.2. The molecule has 2 N–H and O–H groups in total. The third-order valence-corrected chi connectivity index (χ3v) is 4.36. The standard InChI is InChI=1S/C14H12O3S.C3H4N2/c1-9(14(16)17)11-7-8-12(18-11)13(15)10-5-3-2-4-6-10;1-2-4-5-3-1/h2-9H,1H3,(H,16,17);1-3H,(H,4,5). The van der Waals surface area contributed by atoms with Crippen molar-refractivity contribution in [2.45, 2.75) is 12.8 Å². The summed E-state index contributed by atoms with van der Waals surface area (Å²) in [6.45, 7) is 1.62. The number of carboxylic acid groups (broad SMARTS) is 1. The van der Waals surface area contributed by atoms with Crippen LogP contribution in [-0.2, 0) is 4.79 Å². The molecule has 118 valence electrons. The van der Waals surface area contributed by atoms with Crippen molar-refractivity contribution in [2.75, 3.05) is 0 Å². The van der Waals surface area contributed by atoms with Crippen LogP contribution in [-0.4, -0.2) is 27.1 Å². The number of ketones is 1. The maximum Gasteiger partial charge on any atom is 0.311 e. The van der Waals surface area contributed by atoms with Gasteiger partial charge in [0.05, 0.1) is 10.8 Å². The van der Waals surface area contributed by atoms with Gasteiger partial charge < -0.3 is 5.11 Å². The fourth-order valence-electron chi connectivity index (χ4n) is 1.78. The lowest BCUT2D eigenvalue weighted by molar-refractivity contribution is -0.138. The number of H-pyrrole nitrogens is 1. The molecular weight excluding hydrogens is 312 g/mol. The Morgan fingerprint density at radius 1 is 1.13 bits per heavy atom. The SMILES string of the molecule is CC(C(=O)O)c1ccc(C(=O)c2ccccc2)s1.c1cn[nH]c1. The molecule has 0 aliphatic heterocycles. The third kappa shape index (κ3) is 4.62. The summed E-state index contributed by atoms with van der Waals surface area (Å²) in [6.07, 6.45) is 3.46. The largest absolute Gasteiger partial charge is 0.481 e. The van der Waals surface area contributed by atoms with Crippen LogP contribution >= 0.6 is 11.3 Å². The molecule has 0 aliphatic carbocycles. The topological polar surface area (TPSA) is 83.0 Å². The highest BCUT2D eigenvalue weighted by Crippen LogP contribution is 2.26. The van der Waals surface area contributed by atoms with E-state index in [0.717, 1.165) is 0 Å². The minimum Gasteiger partial charge on any atom is -0.481 e. The van der Waals surface area contributed by atoms with Gasteiger partial charge in [0.2, 0.25) is 5.78 Å². The molecule has 0 fully saturated rings. The zero-order valence-electron chi connectivity index (χ0n) is 12.5. The fraction of sp³-hybridized carbons (Fsp3) is 0.118. The summed E-state index contributed by atoms with van der Waals surface area (Å²) >= 11 is 1.24. The summed E-state index contributed by atoms with van der Waals surface area (Å²) < 4.78 is 0. The molecule has 0 saturated carbocycles. The van der Waals surface area contributed by atoms with Crippen molar-refractivity contribution in [1.29, 1.82) is 0 Å². The molecule has 0 radical (unpaired) electrons. The molecule has 5 nitrogen and oxygen atoms in total. The summed E-state index contributed by atoms with van der Waals surface area (Å²) in [7, 11) is 0. The molecule has 2 heterocycles. The van der Waals surface area contributed by atoms with Crippen LogP contribution in [0.4, 0.5) is 0 Å². The van der Waals surface area contributed by atoms with E-state index in [1.807, 2.05) is 24.3 Å². The van der Waals surface area contributed by atoms with E-state index < -0.39 is 11.9 Å². The molecular formula is C17H16N2O3S. The van der Waals surface area contributed by atoms with Crippen LogP contribution in [0.25, 0.3) is 0 Å². The first-order valence-electron chi connectivity index (χ1n) is 6.95. The van der Waals surface area contributed by atoms with Crippen LogP contribution in [0.3, 0.4) is 0 Å². The molecule has 3 aromatic rings. The van der Waals surface area contributed by atoms with Gasteiger partial charge in [0.25, 0.3) is 0 Å². The van der Waals surface area contributed by atoms with Crippen molar-refractivity contribution in [1.82, 2.24) is 10.2 Å². The molecule has 23 heavy (non-hydrogen) atoms. The molecule has 0 bridgehead atoms. The van der Waals surface area contributed by atoms with E-state index in [1.54, 1.807) is 43.6 Å². The average Bonchev–Trinajstić information content (AvgIpc) is 3.28. The van der Waals surface area contributed by atoms with Gasteiger partial charge in [-0.2, -0.15) is 5.10 Å². The van der Waals surface area contributed by atoms with Crippen LogP contribution in [0, 0.1) is 0 Å². The Morgan fingerprint density at radius 2 is 1.87 bits per heavy atom. The van der Waals surface area contributed by atoms with Crippen LogP contribution in [0.1, 0.15) is 33.0 Å². The number of benzene rings is 1. The number of aliphatic carboxylic acids is 1. The molecule has 1 aromatic carbocycles. The highest BCUT2D eigenvalue weighted by molar-refractivity contribution is 7.14. The van der Waals surface area contributed by atoms with E-state index in [1.165, 1.54) is 11.3 Å². The van der Waals surface area contributed by atoms with Gasteiger partial charge in [-0.25, -0.2) is 0 Å². The first-order valence-corrected chi connectivity index (χ1v) is 7.77. The number of hydrogen-bond acceptors (Lipinski definition) is 4. The number of hydrogen-bond donors (Lipinski definition) is 2. The first-order chi connectivity index (χ1) is 11.1. The van der Waals surface area contributed by atoms with Crippen molar-refractivity contribution in [2.24, 2.45) is 0 Å². The Morgan fingerprint density at radius 3 is 2.39 bits per heavy atom. The average molecular weight is 328 g/mol. The molecule has 0 amide bonds. The Kier molecular flexibility index (Phi) is 5.82. The molecule has 1 atom stereocenters. The summed E-state index contributed by atoms with van der Waals surface area (Å²) in [5, 5.41) is 15.1. The Bertz CT molecular complexity index is 734. The minimum atomic E-state index is -0.879. The van der Waals surface area contributed by atoms with Gasteiger partial charge in [0.1, 0.15) is 0 Å². The van der Waals surface area contributed by atoms with E-state index in [9.17, 15) is 9.59 Å². The lowest BCUT2D eigenvalue weighted by Crippen LogP contribution is -2.05. The molecule has 6 heteroatoms. The zero-order chi connectivity index (χ0) is 16.7. The fourth-order valence-corrected chi connectivity index (χ4v) is 2.79. The highest BCUT2D eigenvalue weighted by atomic mass is 32.1. The zero-order valence-corrected chi connectivity index (χ0v) is 13.3. The Labute approximate surface area is 137 Å². The number of thiophene rings is 1. The predicted molar refractivity (Wildman–Crippen MR) is 88.8 cm³/mol. The number of nitrogens with one attached hydrogen (secondary N) is 1. The van der Waals surface area contributed by atoms with Crippen molar-refractivity contribution < 1.29 is 14.7 Å². The highest BCUT2D eigenvalue weighted by Gasteiger charge is 2.18. The first kappa shape index (κ1) is 16.6. The lowest BCUT2D eigenvalue weighted by Gasteiger charge is -2.01. The molecule has 0 saturated heterocycles. The summed E-state index contributed by atoms with van der Waals surface area (Å²) in [5.74, 6) is -1.52. The van der Waals surface area contributed by atoms with E-state index in [-0.39, 0.29) is 5.78 Å². The second-order valence-corrected chi connectivity index (χ2v) is 5.84. The smallest absolute Gasteiger partial charge is 0.311 e. The van der Waals surface area contributed by atoms with Crippen LogP contribution in [0.5, 0.6) is 0 Å². The molecule has 0 spiro atoms. The van der Waals surface area contributed by atoms with Crippen molar-refractivity contribution >= 4 is 23.1 Å². The van der Waals surface area contributed by atoms with Gasteiger partial charge in [-0.05, 0) is 25.1 Å². The van der Waals surface area contributed by atoms with Crippen molar-refractivity contribution in [3.63, 3.8) is 0 Å². The van der Waals surface area contributed by atoms with Crippen molar-refractivity contribution in [3.05, 3.63) is 76.2 Å². The number of aromatic nitrogens is 2. The van der Waals surface area contributed by atoms with Gasteiger partial charge in [-0.1, -0.05) is 30.3 Å². The number of carboxylic acids is 1. The number of nitrogens with zero attached hydrogens (tertiary/aromatic N) is 1. The number of carbonyl (C=O) groups excluding carboxylic acids is 1. The van der Waals surface area contributed by atoms with E-state index >= 15 is 0 Å². The second kappa shape index (κ2) is 8.05. The van der Waals surface area contributed by atoms with E-state index in [4.69, 9.17) is 5.11 Å². The lowest BCUT2D eigenvalue weighted by atomic mass is 10.1. The third-order valence-electron chi connectivity index (χ3n) is 3.09. The maximum atomic E-state index is 12.1.